The maximum Gasteiger partial charge on any atom is 0.315 e. The lowest BCUT2D eigenvalue weighted by Gasteiger charge is -2.34. The first-order valence-corrected chi connectivity index (χ1v) is 6.24. The number of carbonyl (C=O) groups is 1. The molecule has 0 saturated heterocycles. The largest absolute Gasteiger partial charge is 0.335 e. The van der Waals surface area contributed by atoms with Crippen molar-refractivity contribution in [1.82, 2.24) is 10.6 Å². The number of rotatable bonds is 2. The van der Waals surface area contributed by atoms with E-state index in [-0.39, 0.29) is 6.03 Å². The van der Waals surface area contributed by atoms with Gasteiger partial charge in [0.2, 0.25) is 0 Å². The van der Waals surface area contributed by atoms with Gasteiger partial charge in [0.05, 0.1) is 0 Å². The standard InChI is InChI=1S/C12H22N2O/c1-8-4-3-5-11(9(8)2)14-12(15)13-10-6-7-10/h8-11H,3-7H2,1-2H3,(H2,13,14,15). The lowest BCUT2D eigenvalue weighted by Crippen LogP contribution is -2.48. The summed E-state index contributed by atoms with van der Waals surface area (Å²) in [6.45, 7) is 4.54. The van der Waals surface area contributed by atoms with Crippen LogP contribution in [0.5, 0.6) is 0 Å². The van der Waals surface area contributed by atoms with Crippen LogP contribution in [0.3, 0.4) is 0 Å². The molecule has 2 rings (SSSR count). The van der Waals surface area contributed by atoms with Crippen LogP contribution in [0.4, 0.5) is 4.79 Å². The molecule has 0 aliphatic heterocycles. The smallest absolute Gasteiger partial charge is 0.315 e. The highest BCUT2D eigenvalue weighted by atomic mass is 16.2. The minimum Gasteiger partial charge on any atom is -0.335 e. The van der Waals surface area contributed by atoms with Crippen LogP contribution < -0.4 is 10.6 Å². The van der Waals surface area contributed by atoms with E-state index in [0.29, 0.717) is 18.0 Å². The van der Waals surface area contributed by atoms with Gasteiger partial charge in [0.25, 0.3) is 0 Å². The van der Waals surface area contributed by atoms with E-state index < -0.39 is 0 Å². The Hall–Kier alpha value is -0.730. The molecule has 0 radical (unpaired) electrons. The van der Waals surface area contributed by atoms with E-state index in [4.69, 9.17) is 0 Å². The van der Waals surface area contributed by atoms with E-state index in [0.717, 1.165) is 25.2 Å². The number of amides is 2. The van der Waals surface area contributed by atoms with Gasteiger partial charge in [-0.3, -0.25) is 0 Å². The monoisotopic (exact) mass is 210 g/mol. The van der Waals surface area contributed by atoms with Gasteiger partial charge < -0.3 is 10.6 Å². The molecule has 3 nitrogen and oxygen atoms in total. The summed E-state index contributed by atoms with van der Waals surface area (Å²) in [4.78, 5) is 11.6. The van der Waals surface area contributed by atoms with E-state index in [2.05, 4.69) is 24.5 Å². The summed E-state index contributed by atoms with van der Waals surface area (Å²) < 4.78 is 0. The quantitative estimate of drug-likeness (QED) is 0.721. The summed E-state index contributed by atoms with van der Waals surface area (Å²) in [6, 6.07) is 0.886. The predicted molar refractivity (Wildman–Crippen MR) is 60.7 cm³/mol. The fraction of sp³-hybridized carbons (Fsp3) is 0.917. The molecule has 0 spiro atoms. The Bertz CT molecular complexity index is 238. The molecule has 15 heavy (non-hydrogen) atoms. The van der Waals surface area contributed by atoms with Crippen LogP contribution >= 0.6 is 0 Å². The van der Waals surface area contributed by atoms with Crippen LogP contribution in [0.1, 0.15) is 46.0 Å². The molecule has 2 aliphatic rings. The molecule has 2 amide bonds. The number of carbonyl (C=O) groups excluding carboxylic acids is 1. The first-order valence-electron chi connectivity index (χ1n) is 6.24. The van der Waals surface area contributed by atoms with E-state index in [9.17, 15) is 4.79 Å². The molecule has 3 heteroatoms. The molecular weight excluding hydrogens is 188 g/mol. The van der Waals surface area contributed by atoms with Crippen LogP contribution in [-0.4, -0.2) is 18.1 Å². The normalized spacial score (nSPS) is 36.0. The molecule has 0 bridgehead atoms. The topological polar surface area (TPSA) is 41.1 Å². The van der Waals surface area contributed by atoms with Crippen LogP contribution in [-0.2, 0) is 0 Å². The van der Waals surface area contributed by atoms with Gasteiger partial charge in [-0.2, -0.15) is 0 Å². The zero-order chi connectivity index (χ0) is 10.8. The van der Waals surface area contributed by atoms with Gasteiger partial charge in [0.15, 0.2) is 0 Å². The van der Waals surface area contributed by atoms with Crippen LogP contribution in [0.15, 0.2) is 0 Å². The van der Waals surface area contributed by atoms with Crippen LogP contribution in [0.2, 0.25) is 0 Å². The van der Waals surface area contributed by atoms with Gasteiger partial charge in [-0.1, -0.05) is 26.7 Å². The second-order valence-corrected chi connectivity index (χ2v) is 5.27. The molecule has 86 valence electrons. The third kappa shape index (κ3) is 2.86. The SMILES string of the molecule is CC1CCCC(NC(=O)NC2CC2)C1C. The number of nitrogens with one attached hydrogen (secondary N) is 2. The van der Waals surface area contributed by atoms with Crippen LogP contribution in [0, 0.1) is 11.8 Å². The summed E-state index contributed by atoms with van der Waals surface area (Å²) in [5.41, 5.74) is 0. The molecule has 0 aromatic carbocycles. The van der Waals surface area contributed by atoms with Crippen molar-refractivity contribution in [2.75, 3.05) is 0 Å². The summed E-state index contributed by atoms with van der Waals surface area (Å²) in [5, 5.41) is 6.11. The fourth-order valence-corrected chi connectivity index (χ4v) is 2.41. The highest BCUT2D eigenvalue weighted by molar-refractivity contribution is 5.74. The molecule has 2 aliphatic carbocycles. The molecule has 2 N–H and O–H groups in total. The third-order valence-corrected chi connectivity index (χ3v) is 3.94. The zero-order valence-electron chi connectivity index (χ0n) is 9.75. The minimum absolute atomic E-state index is 0.0449. The molecular formula is C12H22N2O. The van der Waals surface area contributed by atoms with Crippen molar-refractivity contribution >= 4 is 6.03 Å². The summed E-state index contributed by atoms with van der Waals surface area (Å²) in [7, 11) is 0. The Kier molecular flexibility index (Phi) is 3.17. The van der Waals surface area contributed by atoms with Gasteiger partial charge in [-0.15, -0.1) is 0 Å². The van der Waals surface area contributed by atoms with Crippen molar-refractivity contribution in [3.8, 4) is 0 Å². The molecule has 3 atom stereocenters. The Morgan fingerprint density at radius 3 is 2.47 bits per heavy atom. The average molecular weight is 210 g/mol. The van der Waals surface area contributed by atoms with Crippen molar-refractivity contribution < 1.29 is 4.79 Å². The Morgan fingerprint density at radius 2 is 1.80 bits per heavy atom. The van der Waals surface area contributed by atoms with Gasteiger partial charge in [0, 0.05) is 12.1 Å². The summed E-state index contributed by atoms with van der Waals surface area (Å²) in [5.74, 6) is 1.36. The highest BCUT2D eigenvalue weighted by Gasteiger charge is 2.29. The molecule has 3 unspecified atom stereocenters. The average Bonchev–Trinajstić information content (AvgIpc) is 2.97. The predicted octanol–water partition coefficient (Wildman–Crippen LogP) is 2.27. The number of hydrogen-bond donors (Lipinski definition) is 2. The van der Waals surface area contributed by atoms with Gasteiger partial charge in [0.1, 0.15) is 0 Å². The summed E-state index contributed by atoms with van der Waals surface area (Å²) in [6.07, 6.45) is 6.02. The Labute approximate surface area is 92.0 Å². The minimum atomic E-state index is 0.0449. The Balaban J connectivity index is 1.78. The molecule has 0 aromatic heterocycles. The fourth-order valence-electron chi connectivity index (χ4n) is 2.41. The second kappa shape index (κ2) is 4.42. The van der Waals surface area contributed by atoms with Gasteiger partial charge >= 0.3 is 6.03 Å². The Morgan fingerprint density at radius 1 is 1.07 bits per heavy atom. The molecule has 0 aromatic rings. The summed E-state index contributed by atoms with van der Waals surface area (Å²) >= 11 is 0. The van der Waals surface area contributed by atoms with Crippen molar-refractivity contribution in [3.05, 3.63) is 0 Å². The van der Waals surface area contributed by atoms with Crippen molar-refractivity contribution in [2.24, 2.45) is 11.8 Å². The van der Waals surface area contributed by atoms with E-state index >= 15 is 0 Å². The van der Waals surface area contributed by atoms with Gasteiger partial charge in [-0.25, -0.2) is 4.79 Å². The van der Waals surface area contributed by atoms with E-state index in [1.54, 1.807) is 0 Å². The number of urea groups is 1. The van der Waals surface area contributed by atoms with Crippen molar-refractivity contribution in [3.63, 3.8) is 0 Å². The lowest BCUT2D eigenvalue weighted by molar-refractivity contribution is 0.195. The molecule has 2 fully saturated rings. The first-order chi connectivity index (χ1) is 7.16. The number of hydrogen-bond acceptors (Lipinski definition) is 1. The van der Waals surface area contributed by atoms with Crippen molar-refractivity contribution in [1.29, 1.82) is 0 Å². The van der Waals surface area contributed by atoms with E-state index in [1.165, 1.54) is 12.8 Å². The molecule has 2 saturated carbocycles. The van der Waals surface area contributed by atoms with Crippen LogP contribution in [0.25, 0.3) is 0 Å². The first kappa shape index (κ1) is 10.8. The van der Waals surface area contributed by atoms with Crippen molar-refractivity contribution in [2.45, 2.75) is 58.0 Å². The van der Waals surface area contributed by atoms with Gasteiger partial charge in [-0.05, 0) is 31.1 Å². The highest BCUT2D eigenvalue weighted by Crippen LogP contribution is 2.29. The third-order valence-electron chi connectivity index (χ3n) is 3.94. The second-order valence-electron chi connectivity index (χ2n) is 5.27. The lowest BCUT2D eigenvalue weighted by atomic mass is 9.78. The van der Waals surface area contributed by atoms with E-state index in [1.807, 2.05) is 0 Å². The maximum absolute atomic E-state index is 11.6. The zero-order valence-corrected chi connectivity index (χ0v) is 9.75. The molecule has 0 heterocycles. The maximum atomic E-state index is 11.6.